The molecule has 1 aromatic carbocycles. The Bertz CT molecular complexity index is 590. The van der Waals surface area contributed by atoms with Crippen molar-refractivity contribution in [2.24, 2.45) is 0 Å². The van der Waals surface area contributed by atoms with E-state index in [-0.39, 0.29) is 17.4 Å². The van der Waals surface area contributed by atoms with Gasteiger partial charge in [0.25, 0.3) is 0 Å². The van der Waals surface area contributed by atoms with Crippen LogP contribution in [0.3, 0.4) is 0 Å². The minimum Gasteiger partial charge on any atom is -0.364 e. The van der Waals surface area contributed by atoms with Crippen molar-refractivity contribution in [3.05, 3.63) is 35.9 Å². The van der Waals surface area contributed by atoms with Gasteiger partial charge in [0.15, 0.2) is 9.84 Å². The van der Waals surface area contributed by atoms with E-state index in [0.29, 0.717) is 32.8 Å². The van der Waals surface area contributed by atoms with Gasteiger partial charge in [-0.15, -0.1) is 0 Å². The summed E-state index contributed by atoms with van der Waals surface area (Å²) in [4.78, 5) is 14.0. The third-order valence-electron chi connectivity index (χ3n) is 3.88. The molecule has 1 N–H and O–H groups in total. The summed E-state index contributed by atoms with van der Waals surface area (Å²) in [5, 5.41) is 2.83. The fourth-order valence-corrected chi connectivity index (χ4v) is 3.60. The Morgan fingerprint density at radius 3 is 2.57 bits per heavy atom. The maximum Gasteiger partial charge on any atom is 0.248 e. The summed E-state index contributed by atoms with van der Waals surface area (Å²) < 4.78 is 28.2. The first-order chi connectivity index (χ1) is 11.0. The van der Waals surface area contributed by atoms with Crippen molar-refractivity contribution >= 4 is 15.7 Å². The van der Waals surface area contributed by atoms with Crippen molar-refractivity contribution in [1.29, 1.82) is 0 Å². The molecule has 0 radical (unpaired) electrons. The number of benzene rings is 1. The van der Waals surface area contributed by atoms with Gasteiger partial charge in [0.2, 0.25) is 5.91 Å². The van der Waals surface area contributed by atoms with Crippen LogP contribution in [0.15, 0.2) is 30.3 Å². The van der Waals surface area contributed by atoms with Crippen LogP contribution >= 0.6 is 0 Å². The lowest BCUT2D eigenvalue weighted by atomic mass is 10.2. The number of amides is 1. The van der Waals surface area contributed by atoms with E-state index < -0.39 is 15.9 Å². The van der Waals surface area contributed by atoms with Gasteiger partial charge >= 0.3 is 0 Å². The molecule has 1 aliphatic rings. The molecule has 0 bridgehead atoms. The van der Waals surface area contributed by atoms with Crippen LogP contribution in [0.25, 0.3) is 0 Å². The predicted molar refractivity (Wildman–Crippen MR) is 88.8 cm³/mol. The number of rotatable bonds is 7. The van der Waals surface area contributed by atoms with Crippen molar-refractivity contribution in [3.8, 4) is 0 Å². The van der Waals surface area contributed by atoms with Crippen LogP contribution in [0.2, 0.25) is 0 Å². The summed E-state index contributed by atoms with van der Waals surface area (Å²) in [6.07, 6.45) is -0.517. The fourth-order valence-electron chi connectivity index (χ4n) is 2.33. The van der Waals surface area contributed by atoms with Crippen LogP contribution < -0.4 is 5.32 Å². The van der Waals surface area contributed by atoms with Crippen LogP contribution in [-0.2, 0) is 26.0 Å². The topological polar surface area (TPSA) is 75.7 Å². The highest BCUT2D eigenvalue weighted by atomic mass is 32.2. The van der Waals surface area contributed by atoms with Gasteiger partial charge < -0.3 is 10.1 Å². The summed E-state index contributed by atoms with van der Waals surface area (Å²) in [5.41, 5.74) is 1.03. The maximum absolute atomic E-state index is 12.0. The molecule has 0 spiro atoms. The van der Waals surface area contributed by atoms with Crippen molar-refractivity contribution in [2.75, 3.05) is 37.7 Å². The lowest BCUT2D eigenvalue weighted by Crippen LogP contribution is -2.45. The molecule has 2 rings (SSSR count). The van der Waals surface area contributed by atoms with Gasteiger partial charge in [-0.2, -0.15) is 0 Å². The Morgan fingerprint density at radius 2 is 1.91 bits per heavy atom. The molecule has 1 heterocycles. The molecule has 23 heavy (non-hydrogen) atoms. The standard InChI is InChI=1S/C16H24N2O4S/c1-14(22-13-15-5-3-2-4-6-15)16(19)17-7-8-18-9-11-23(20,21)12-10-18/h2-6,14H,7-13H2,1H3,(H,17,19)/t14-/m1/s1. The summed E-state index contributed by atoms with van der Waals surface area (Å²) in [5.74, 6) is 0.264. The molecule has 6 nitrogen and oxygen atoms in total. The molecule has 1 amide bonds. The van der Waals surface area contributed by atoms with Crippen LogP contribution in [0.1, 0.15) is 12.5 Å². The molecular formula is C16H24N2O4S. The lowest BCUT2D eigenvalue weighted by molar-refractivity contribution is -0.132. The van der Waals surface area contributed by atoms with Crippen LogP contribution in [0.4, 0.5) is 0 Å². The maximum atomic E-state index is 12.0. The normalized spacial score (nSPS) is 19.2. The minimum atomic E-state index is -2.85. The third-order valence-corrected chi connectivity index (χ3v) is 5.49. The van der Waals surface area contributed by atoms with E-state index in [2.05, 4.69) is 10.2 Å². The van der Waals surface area contributed by atoms with E-state index >= 15 is 0 Å². The number of ether oxygens (including phenoxy) is 1. The van der Waals surface area contributed by atoms with Gasteiger partial charge in [0.1, 0.15) is 6.10 Å². The van der Waals surface area contributed by atoms with E-state index in [1.165, 1.54) is 0 Å². The van der Waals surface area contributed by atoms with Gasteiger partial charge in [-0.3, -0.25) is 9.69 Å². The zero-order chi connectivity index (χ0) is 16.7. The Hall–Kier alpha value is -1.44. The number of sulfone groups is 1. The van der Waals surface area contributed by atoms with E-state index in [4.69, 9.17) is 4.74 Å². The SMILES string of the molecule is C[C@@H](OCc1ccccc1)C(=O)NCCN1CCS(=O)(=O)CC1. The Balaban J connectivity index is 1.62. The van der Waals surface area contributed by atoms with Crippen LogP contribution in [-0.4, -0.2) is 63.0 Å². The highest BCUT2D eigenvalue weighted by molar-refractivity contribution is 7.91. The molecule has 0 unspecified atom stereocenters. The molecule has 7 heteroatoms. The third kappa shape index (κ3) is 6.29. The average Bonchev–Trinajstić information content (AvgIpc) is 2.55. The summed E-state index contributed by atoms with van der Waals surface area (Å²) in [6, 6.07) is 9.71. The van der Waals surface area contributed by atoms with Crippen LogP contribution in [0.5, 0.6) is 0 Å². The second-order valence-electron chi connectivity index (χ2n) is 5.72. The molecule has 128 valence electrons. The smallest absolute Gasteiger partial charge is 0.248 e. The van der Waals surface area contributed by atoms with Crippen molar-refractivity contribution in [2.45, 2.75) is 19.6 Å². The van der Waals surface area contributed by atoms with E-state index in [1.54, 1.807) is 6.92 Å². The predicted octanol–water partition coefficient (Wildman–Crippen LogP) is 0.438. The number of hydrogen-bond donors (Lipinski definition) is 1. The molecule has 0 aromatic heterocycles. The monoisotopic (exact) mass is 340 g/mol. The first kappa shape index (κ1) is 17.9. The van der Waals surface area contributed by atoms with Gasteiger partial charge in [0, 0.05) is 26.2 Å². The second-order valence-corrected chi connectivity index (χ2v) is 8.03. The Kier molecular flexibility index (Phi) is 6.56. The van der Waals surface area contributed by atoms with Crippen molar-refractivity contribution in [3.63, 3.8) is 0 Å². The minimum absolute atomic E-state index is 0.148. The number of carbonyl (C=O) groups excluding carboxylic acids is 1. The Morgan fingerprint density at radius 1 is 1.26 bits per heavy atom. The summed E-state index contributed by atoms with van der Waals surface area (Å²) in [7, 11) is -2.85. The Labute approximate surface area is 137 Å². The molecule has 1 saturated heterocycles. The van der Waals surface area contributed by atoms with E-state index in [0.717, 1.165) is 5.56 Å². The lowest BCUT2D eigenvalue weighted by Gasteiger charge is -2.26. The van der Waals surface area contributed by atoms with Crippen molar-refractivity contribution in [1.82, 2.24) is 10.2 Å². The van der Waals surface area contributed by atoms with Gasteiger partial charge in [-0.1, -0.05) is 30.3 Å². The van der Waals surface area contributed by atoms with Crippen molar-refractivity contribution < 1.29 is 17.9 Å². The quantitative estimate of drug-likeness (QED) is 0.779. The molecular weight excluding hydrogens is 316 g/mol. The number of carbonyl (C=O) groups is 1. The number of nitrogens with zero attached hydrogens (tertiary/aromatic N) is 1. The zero-order valence-electron chi connectivity index (χ0n) is 13.4. The zero-order valence-corrected chi connectivity index (χ0v) is 14.2. The van der Waals surface area contributed by atoms with Crippen LogP contribution in [0, 0.1) is 0 Å². The largest absolute Gasteiger partial charge is 0.364 e. The average molecular weight is 340 g/mol. The fraction of sp³-hybridized carbons (Fsp3) is 0.562. The molecule has 1 atom stereocenters. The highest BCUT2D eigenvalue weighted by Gasteiger charge is 2.21. The molecule has 1 fully saturated rings. The number of nitrogens with one attached hydrogen (secondary N) is 1. The first-order valence-electron chi connectivity index (χ1n) is 7.82. The van der Waals surface area contributed by atoms with Gasteiger partial charge in [-0.25, -0.2) is 8.42 Å². The molecule has 0 saturated carbocycles. The highest BCUT2D eigenvalue weighted by Crippen LogP contribution is 2.04. The van der Waals surface area contributed by atoms with Gasteiger partial charge in [0.05, 0.1) is 18.1 Å². The molecule has 1 aliphatic heterocycles. The molecule has 1 aromatic rings. The van der Waals surface area contributed by atoms with E-state index in [1.807, 2.05) is 30.3 Å². The number of hydrogen-bond acceptors (Lipinski definition) is 5. The first-order valence-corrected chi connectivity index (χ1v) is 9.64. The van der Waals surface area contributed by atoms with E-state index in [9.17, 15) is 13.2 Å². The molecule has 0 aliphatic carbocycles. The summed E-state index contributed by atoms with van der Waals surface area (Å²) >= 11 is 0. The second kappa shape index (κ2) is 8.42. The van der Waals surface area contributed by atoms with Gasteiger partial charge in [-0.05, 0) is 12.5 Å². The summed E-state index contributed by atoms with van der Waals surface area (Å²) in [6.45, 7) is 4.37.